The number of rotatable bonds is 6. The monoisotopic (exact) mass is 407 g/mol. The van der Waals surface area contributed by atoms with Crippen molar-refractivity contribution in [3.8, 4) is 0 Å². The number of thiocarbonyl (C=S) groups is 1. The lowest BCUT2D eigenvalue weighted by Crippen LogP contribution is -2.32. The van der Waals surface area contributed by atoms with E-state index < -0.39 is 0 Å². The van der Waals surface area contributed by atoms with Gasteiger partial charge in [0.05, 0.1) is 24.4 Å². The zero-order valence-electron chi connectivity index (χ0n) is 16.6. The minimum absolute atomic E-state index is 0.0293. The molecule has 4 heterocycles. The van der Waals surface area contributed by atoms with E-state index in [9.17, 15) is 5.11 Å². The summed E-state index contributed by atoms with van der Waals surface area (Å²) >= 11 is 5.61. The summed E-state index contributed by atoms with van der Waals surface area (Å²) < 4.78 is 2.31. The number of β-amino-alcohol motifs (C(OH)–C–C–N with tert-alkyl or cyclic N) is 1. The molecule has 0 aromatic carbocycles. The van der Waals surface area contributed by atoms with Crippen LogP contribution in [-0.4, -0.2) is 42.8 Å². The molecule has 0 aliphatic carbocycles. The highest BCUT2D eigenvalue weighted by Crippen LogP contribution is 2.40. The minimum Gasteiger partial charge on any atom is -0.395 e. The standard InChI is InChI=1S/C22H25N5OS/c1-15-12-18(16(2)27(15)14-17-6-5-8-23-13-17)21-20(19-7-3-4-9-24-19)25-22(29)26(21)10-11-28/h3-9,12-13,20-21,28H,10-11,14H2,1-2H3,(H,25,29)/t20-,21-/m1/s1. The Hall–Kier alpha value is -2.77. The van der Waals surface area contributed by atoms with Crippen molar-refractivity contribution >= 4 is 17.3 Å². The molecular formula is C22H25N5OS. The summed E-state index contributed by atoms with van der Waals surface area (Å²) in [6, 6.07) is 12.1. The molecule has 2 atom stereocenters. The van der Waals surface area contributed by atoms with Crippen LogP contribution in [0.4, 0.5) is 0 Å². The lowest BCUT2D eigenvalue weighted by Gasteiger charge is -2.27. The third-order valence-electron chi connectivity index (χ3n) is 5.53. The zero-order valence-corrected chi connectivity index (χ0v) is 17.4. The van der Waals surface area contributed by atoms with Crippen molar-refractivity contribution in [2.45, 2.75) is 32.5 Å². The molecule has 1 aliphatic rings. The number of aliphatic hydroxyl groups is 1. The van der Waals surface area contributed by atoms with Gasteiger partial charge in [-0.05, 0) is 61.5 Å². The SMILES string of the molecule is Cc1cc([C@@H]2[C@@H](c3ccccn3)NC(=S)N2CCO)c(C)n1Cc1cccnc1. The molecule has 3 aromatic heterocycles. The third-order valence-corrected chi connectivity index (χ3v) is 5.89. The summed E-state index contributed by atoms with van der Waals surface area (Å²) in [4.78, 5) is 10.9. The number of hydrogen-bond acceptors (Lipinski definition) is 4. The molecule has 1 aliphatic heterocycles. The summed E-state index contributed by atoms with van der Waals surface area (Å²) in [5, 5.41) is 13.7. The van der Waals surface area contributed by atoms with E-state index in [1.807, 2.05) is 30.5 Å². The fourth-order valence-corrected chi connectivity index (χ4v) is 4.47. The van der Waals surface area contributed by atoms with Crippen LogP contribution in [0.2, 0.25) is 0 Å². The Morgan fingerprint density at radius 2 is 2.03 bits per heavy atom. The van der Waals surface area contributed by atoms with Crippen molar-refractivity contribution in [1.29, 1.82) is 0 Å². The van der Waals surface area contributed by atoms with Gasteiger partial charge >= 0.3 is 0 Å². The van der Waals surface area contributed by atoms with Gasteiger partial charge in [0.2, 0.25) is 0 Å². The van der Waals surface area contributed by atoms with Crippen LogP contribution in [-0.2, 0) is 6.54 Å². The molecule has 0 saturated carbocycles. The van der Waals surface area contributed by atoms with Gasteiger partial charge in [0, 0.05) is 43.1 Å². The van der Waals surface area contributed by atoms with Crippen molar-refractivity contribution in [2.75, 3.05) is 13.2 Å². The summed E-state index contributed by atoms with van der Waals surface area (Å²) in [6.45, 7) is 5.56. The number of nitrogens with zero attached hydrogens (tertiary/aromatic N) is 4. The molecule has 0 spiro atoms. The molecule has 0 amide bonds. The second-order valence-corrected chi connectivity index (χ2v) is 7.70. The summed E-state index contributed by atoms with van der Waals surface area (Å²) in [5.41, 5.74) is 5.67. The van der Waals surface area contributed by atoms with Gasteiger partial charge < -0.3 is 19.9 Å². The Morgan fingerprint density at radius 1 is 1.17 bits per heavy atom. The smallest absolute Gasteiger partial charge is 0.170 e. The highest BCUT2D eigenvalue weighted by atomic mass is 32.1. The van der Waals surface area contributed by atoms with E-state index in [1.165, 1.54) is 17.0 Å². The van der Waals surface area contributed by atoms with Crippen LogP contribution < -0.4 is 5.32 Å². The van der Waals surface area contributed by atoms with E-state index in [-0.39, 0.29) is 18.7 Å². The molecule has 1 fully saturated rings. The normalized spacial score (nSPS) is 18.9. The predicted molar refractivity (Wildman–Crippen MR) is 116 cm³/mol. The molecule has 0 bridgehead atoms. The first kappa shape index (κ1) is 19.5. The van der Waals surface area contributed by atoms with Gasteiger partial charge in [-0.15, -0.1) is 0 Å². The first-order chi connectivity index (χ1) is 14.1. The van der Waals surface area contributed by atoms with E-state index in [1.54, 1.807) is 12.4 Å². The van der Waals surface area contributed by atoms with Crippen molar-refractivity contribution in [3.63, 3.8) is 0 Å². The largest absolute Gasteiger partial charge is 0.395 e. The van der Waals surface area contributed by atoms with Gasteiger partial charge in [0.15, 0.2) is 5.11 Å². The molecule has 1 saturated heterocycles. The molecule has 29 heavy (non-hydrogen) atoms. The number of pyridine rings is 2. The molecule has 2 N–H and O–H groups in total. The van der Waals surface area contributed by atoms with Crippen molar-refractivity contribution < 1.29 is 5.11 Å². The molecule has 3 aromatic rings. The first-order valence-corrected chi connectivity index (χ1v) is 10.2. The Labute approximate surface area is 176 Å². The van der Waals surface area contributed by atoms with Crippen LogP contribution in [0.1, 0.15) is 40.3 Å². The van der Waals surface area contributed by atoms with Gasteiger partial charge in [-0.25, -0.2) is 0 Å². The van der Waals surface area contributed by atoms with Gasteiger partial charge in [-0.2, -0.15) is 0 Å². The van der Waals surface area contributed by atoms with E-state index in [2.05, 4.69) is 50.7 Å². The molecule has 0 radical (unpaired) electrons. The quantitative estimate of drug-likeness (QED) is 0.613. The maximum atomic E-state index is 9.63. The van der Waals surface area contributed by atoms with Gasteiger partial charge in [-0.3, -0.25) is 9.97 Å². The lowest BCUT2D eigenvalue weighted by molar-refractivity contribution is 0.222. The van der Waals surface area contributed by atoms with Gasteiger partial charge in [-0.1, -0.05) is 12.1 Å². The number of aryl methyl sites for hydroxylation is 1. The average molecular weight is 408 g/mol. The van der Waals surface area contributed by atoms with E-state index in [4.69, 9.17) is 12.2 Å². The van der Waals surface area contributed by atoms with Crippen LogP contribution in [0.15, 0.2) is 55.0 Å². The fourth-order valence-electron chi connectivity index (χ4n) is 4.14. The zero-order chi connectivity index (χ0) is 20.4. The van der Waals surface area contributed by atoms with Crippen LogP contribution in [0, 0.1) is 13.8 Å². The van der Waals surface area contributed by atoms with Crippen LogP contribution in [0.3, 0.4) is 0 Å². The van der Waals surface area contributed by atoms with Crippen molar-refractivity contribution in [1.82, 2.24) is 24.8 Å². The number of aromatic nitrogens is 3. The molecule has 150 valence electrons. The second kappa shape index (κ2) is 8.31. The second-order valence-electron chi connectivity index (χ2n) is 7.32. The minimum atomic E-state index is -0.0670. The van der Waals surface area contributed by atoms with Crippen LogP contribution in [0.25, 0.3) is 0 Å². The predicted octanol–water partition coefficient (Wildman–Crippen LogP) is 2.91. The number of nitrogens with one attached hydrogen (secondary N) is 1. The van der Waals surface area contributed by atoms with Gasteiger partial charge in [0.1, 0.15) is 0 Å². The Bertz CT molecular complexity index is 989. The number of aliphatic hydroxyl groups excluding tert-OH is 1. The third kappa shape index (κ3) is 3.75. The highest BCUT2D eigenvalue weighted by Gasteiger charge is 2.40. The van der Waals surface area contributed by atoms with E-state index in [0.29, 0.717) is 11.7 Å². The fraction of sp³-hybridized carbons (Fsp3) is 0.318. The van der Waals surface area contributed by atoms with E-state index in [0.717, 1.165) is 17.8 Å². The molecule has 4 rings (SSSR count). The summed E-state index contributed by atoms with van der Waals surface area (Å²) in [5.74, 6) is 0. The topological polar surface area (TPSA) is 66.2 Å². The van der Waals surface area contributed by atoms with Crippen molar-refractivity contribution in [2.24, 2.45) is 0 Å². The van der Waals surface area contributed by atoms with E-state index >= 15 is 0 Å². The molecular weight excluding hydrogens is 382 g/mol. The maximum Gasteiger partial charge on any atom is 0.170 e. The van der Waals surface area contributed by atoms with Crippen molar-refractivity contribution in [3.05, 3.63) is 83.2 Å². The Kier molecular flexibility index (Phi) is 5.60. The lowest BCUT2D eigenvalue weighted by atomic mass is 9.97. The molecule has 6 nitrogen and oxygen atoms in total. The molecule has 7 heteroatoms. The Balaban J connectivity index is 1.75. The van der Waals surface area contributed by atoms with Crippen LogP contribution >= 0.6 is 12.2 Å². The number of hydrogen-bond donors (Lipinski definition) is 2. The Morgan fingerprint density at radius 3 is 2.72 bits per heavy atom. The van der Waals surface area contributed by atoms with Crippen LogP contribution in [0.5, 0.6) is 0 Å². The average Bonchev–Trinajstić information content (AvgIpc) is 3.21. The van der Waals surface area contributed by atoms with Gasteiger partial charge in [0.25, 0.3) is 0 Å². The maximum absolute atomic E-state index is 9.63. The molecule has 0 unspecified atom stereocenters. The highest BCUT2D eigenvalue weighted by molar-refractivity contribution is 7.80. The first-order valence-electron chi connectivity index (χ1n) is 9.74. The summed E-state index contributed by atoms with van der Waals surface area (Å²) in [7, 11) is 0. The summed E-state index contributed by atoms with van der Waals surface area (Å²) in [6.07, 6.45) is 5.50.